The van der Waals surface area contributed by atoms with E-state index in [1.807, 2.05) is 6.07 Å². The van der Waals surface area contributed by atoms with Gasteiger partial charge in [0.05, 0.1) is 6.26 Å². The fourth-order valence-corrected chi connectivity index (χ4v) is 2.95. The summed E-state index contributed by atoms with van der Waals surface area (Å²) in [6.45, 7) is 0. The summed E-state index contributed by atoms with van der Waals surface area (Å²) in [5.41, 5.74) is 0. The van der Waals surface area contributed by atoms with Crippen LogP contribution in [0.15, 0.2) is 47.3 Å². The minimum atomic E-state index is 0.0167. The zero-order valence-electron chi connectivity index (χ0n) is 13.1. The summed E-state index contributed by atoms with van der Waals surface area (Å²) < 4.78 is 7.01. The summed E-state index contributed by atoms with van der Waals surface area (Å²) in [4.78, 5) is 21.3. The molecule has 0 atom stereocenters. The van der Waals surface area contributed by atoms with Crippen molar-refractivity contribution in [3.8, 4) is 17.4 Å². The van der Waals surface area contributed by atoms with Crippen LogP contribution in [0, 0.1) is 5.92 Å². The van der Waals surface area contributed by atoms with Crippen molar-refractivity contribution in [1.82, 2.24) is 19.7 Å². The molecule has 3 aromatic heterocycles. The summed E-state index contributed by atoms with van der Waals surface area (Å²) in [5, 5.41) is 7.11. The Labute approximate surface area is 138 Å². The predicted octanol–water partition coefficient (Wildman–Crippen LogP) is 3.05. The van der Waals surface area contributed by atoms with Crippen LogP contribution < -0.4 is 5.32 Å². The number of carbonyl (C=O) groups is 1. The van der Waals surface area contributed by atoms with Crippen molar-refractivity contribution >= 4 is 11.7 Å². The Kier molecular flexibility index (Phi) is 3.82. The van der Waals surface area contributed by atoms with E-state index in [-0.39, 0.29) is 11.8 Å². The highest BCUT2D eigenvalue weighted by atomic mass is 16.3. The predicted molar refractivity (Wildman–Crippen MR) is 87.4 cm³/mol. The third-order valence-corrected chi connectivity index (χ3v) is 4.17. The van der Waals surface area contributed by atoms with Gasteiger partial charge in [0, 0.05) is 24.4 Å². The van der Waals surface area contributed by atoms with Gasteiger partial charge in [0.2, 0.25) is 5.91 Å². The molecule has 1 amide bonds. The Morgan fingerprint density at radius 1 is 1.25 bits per heavy atom. The van der Waals surface area contributed by atoms with Gasteiger partial charge in [-0.3, -0.25) is 4.79 Å². The van der Waals surface area contributed by atoms with Gasteiger partial charge in [0.15, 0.2) is 17.4 Å². The number of rotatable bonds is 4. The van der Waals surface area contributed by atoms with Crippen molar-refractivity contribution in [2.45, 2.75) is 25.7 Å². The fourth-order valence-electron chi connectivity index (χ4n) is 2.95. The lowest BCUT2D eigenvalue weighted by molar-refractivity contribution is -0.119. The molecule has 0 bridgehead atoms. The molecule has 0 aliphatic heterocycles. The van der Waals surface area contributed by atoms with Crippen molar-refractivity contribution in [3.05, 3.63) is 42.9 Å². The number of nitrogens with zero attached hydrogens (tertiary/aromatic N) is 4. The molecule has 1 N–H and O–H groups in total. The lowest BCUT2D eigenvalue weighted by Crippen LogP contribution is -2.21. The first-order chi connectivity index (χ1) is 11.8. The third kappa shape index (κ3) is 2.92. The van der Waals surface area contributed by atoms with Gasteiger partial charge in [-0.25, -0.2) is 14.6 Å². The molecule has 0 radical (unpaired) electrons. The van der Waals surface area contributed by atoms with Crippen molar-refractivity contribution < 1.29 is 9.21 Å². The molecule has 1 aliphatic carbocycles. The maximum Gasteiger partial charge on any atom is 0.228 e. The smallest absolute Gasteiger partial charge is 0.228 e. The fraction of sp³-hybridized carbons (Fsp3) is 0.294. The zero-order chi connectivity index (χ0) is 16.4. The van der Waals surface area contributed by atoms with Crippen LogP contribution in [0.3, 0.4) is 0 Å². The second kappa shape index (κ2) is 6.27. The molecule has 7 heteroatoms. The average Bonchev–Trinajstić information content (AvgIpc) is 3.38. The Morgan fingerprint density at radius 2 is 2.12 bits per heavy atom. The number of aromatic nitrogens is 4. The molecule has 3 aromatic rings. The topological polar surface area (TPSA) is 85.8 Å². The molecule has 0 spiro atoms. The molecular weight excluding hydrogens is 306 g/mol. The van der Waals surface area contributed by atoms with Crippen LogP contribution in [0.4, 0.5) is 5.82 Å². The lowest BCUT2D eigenvalue weighted by Gasteiger charge is -2.11. The van der Waals surface area contributed by atoms with Crippen LogP contribution in [-0.4, -0.2) is 25.7 Å². The van der Waals surface area contributed by atoms with Gasteiger partial charge in [0.1, 0.15) is 5.82 Å². The molecule has 1 fully saturated rings. The standard InChI is InChI=1S/C17H17N5O2/c23-17(12-5-1-2-6-12)20-14-11-15(22-9-4-8-18-22)21-16(19-14)13-7-3-10-24-13/h3-4,7-12H,1-2,5-6H2,(H,19,20,21,23). The Bertz CT molecular complexity index is 768. The van der Waals surface area contributed by atoms with Crippen LogP contribution >= 0.6 is 0 Å². The number of amides is 1. The highest BCUT2D eigenvalue weighted by Gasteiger charge is 2.23. The number of hydrogen-bond donors (Lipinski definition) is 1. The van der Waals surface area contributed by atoms with Crippen molar-refractivity contribution in [3.63, 3.8) is 0 Å². The second-order valence-electron chi connectivity index (χ2n) is 5.83. The molecule has 24 heavy (non-hydrogen) atoms. The van der Waals surface area contributed by atoms with Crippen LogP contribution in [0.1, 0.15) is 25.7 Å². The van der Waals surface area contributed by atoms with Crippen molar-refractivity contribution in [1.29, 1.82) is 0 Å². The molecule has 1 aliphatic rings. The average molecular weight is 323 g/mol. The van der Waals surface area contributed by atoms with Gasteiger partial charge in [-0.1, -0.05) is 12.8 Å². The van der Waals surface area contributed by atoms with Gasteiger partial charge < -0.3 is 9.73 Å². The molecule has 0 unspecified atom stereocenters. The summed E-state index contributed by atoms with van der Waals surface area (Å²) in [7, 11) is 0. The van der Waals surface area contributed by atoms with E-state index in [0.717, 1.165) is 25.7 Å². The van der Waals surface area contributed by atoms with Gasteiger partial charge >= 0.3 is 0 Å². The molecule has 1 saturated carbocycles. The molecule has 0 saturated heterocycles. The van der Waals surface area contributed by atoms with E-state index in [1.54, 1.807) is 41.5 Å². The SMILES string of the molecule is O=C(Nc1cc(-n2cccn2)nc(-c2ccco2)n1)C1CCCC1. The minimum Gasteiger partial charge on any atom is -0.461 e. The number of carbonyl (C=O) groups excluding carboxylic acids is 1. The number of hydrogen-bond acceptors (Lipinski definition) is 5. The highest BCUT2D eigenvalue weighted by Crippen LogP contribution is 2.26. The van der Waals surface area contributed by atoms with Crippen LogP contribution in [0.5, 0.6) is 0 Å². The number of anilines is 1. The maximum absolute atomic E-state index is 12.4. The Morgan fingerprint density at radius 3 is 2.83 bits per heavy atom. The van der Waals surface area contributed by atoms with Gasteiger partial charge in [-0.2, -0.15) is 5.10 Å². The van der Waals surface area contributed by atoms with Crippen molar-refractivity contribution in [2.24, 2.45) is 5.92 Å². The monoisotopic (exact) mass is 323 g/mol. The van der Waals surface area contributed by atoms with E-state index in [1.165, 1.54) is 0 Å². The Hall–Kier alpha value is -2.96. The molecular formula is C17H17N5O2. The second-order valence-corrected chi connectivity index (χ2v) is 5.83. The number of nitrogens with one attached hydrogen (secondary N) is 1. The van der Waals surface area contributed by atoms with E-state index in [9.17, 15) is 4.79 Å². The quantitative estimate of drug-likeness (QED) is 0.797. The zero-order valence-corrected chi connectivity index (χ0v) is 13.1. The minimum absolute atomic E-state index is 0.0167. The lowest BCUT2D eigenvalue weighted by atomic mass is 10.1. The Balaban J connectivity index is 1.68. The first kappa shape index (κ1) is 14.6. The summed E-state index contributed by atoms with van der Waals surface area (Å²) in [6.07, 6.45) is 9.12. The maximum atomic E-state index is 12.4. The molecule has 4 rings (SSSR count). The summed E-state index contributed by atoms with van der Waals surface area (Å²) >= 11 is 0. The molecule has 0 aromatic carbocycles. The summed E-state index contributed by atoms with van der Waals surface area (Å²) in [5.74, 6) is 2.07. The molecule has 3 heterocycles. The van der Waals surface area contributed by atoms with Gasteiger partial charge in [0.25, 0.3) is 0 Å². The van der Waals surface area contributed by atoms with E-state index < -0.39 is 0 Å². The number of furan rings is 1. The van der Waals surface area contributed by atoms with Crippen LogP contribution in [0.25, 0.3) is 17.4 Å². The third-order valence-electron chi connectivity index (χ3n) is 4.17. The molecule has 122 valence electrons. The summed E-state index contributed by atoms with van der Waals surface area (Å²) in [6, 6.07) is 7.08. The van der Waals surface area contributed by atoms with E-state index in [4.69, 9.17) is 4.42 Å². The van der Waals surface area contributed by atoms with Gasteiger partial charge in [-0.15, -0.1) is 0 Å². The van der Waals surface area contributed by atoms with E-state index >= 15 is 0 Å². The normalized spacial score (nSPS) is 14.8. The molecule has 7 nitrogen and oxygen atoms in total. The highest BCUT2D eigenvalue weighted by molar-refractivity contribution is 5.92. The largest absolute Gasteiger partial charge is 0.461 e. The first-order valence-electron chi connectivity index (χ1n) is 8.03. The van der Waals surface area contributed by atoms with Crippen LogP contribution in [0.2, 0.25) is 0 Å². The van der Waals surface area contributed by atoms with Gasteiger partial charge in [-0.05, 0) is 31.0 Å². The first-order valence-corrected chi connectivity index (χ1v) is 8.03. The van der Waals surface area contributed by atoms with E-state index in [0.29, 0.717) is 23.2 Å². The van der Waals surface area contributed by atoms with Crippen molar-refractivity contribution in [2.75, 3.05) is 5.32 Å². The van der Waals surface area contributed by atoms with E-state index in [2.05, 4.69) is 20.4 Å². The van der Waals surface area contributed by atoms with Crippen LogP contribution in [-0.2, 0) is 4.79 Å².